The van der Waals surface area contributed by atoms with E-state index < -0.39 is 18.1 Å². The van der Waals surface area contributed by atoms with E-state index in [2.05, 4.69) is 31.8 Å². The Morgan fingerprint density at radius 3 is 2.42 bits per heavy atom. The van der Waals surface area contributed by atoms with Crippen molar-refractivity contribution >= 4 is 18.1 Å². The third-order valence-corrected chi connectivity index (χ3v) is 7.74. The number of nitrogens with zero attached hydrogens (tertiary/aromatic N) is 1. The van der Waals surface area contributed by atoms with Gasteiger partial charge in [0, 0.05) is 20.7 Å². The van der Waals surface area contributed by atoms with E-state index in [4.69, 9.17) is 0 Å². The van der Waals surface area contributed by atoms with E-state index in [1.165, 1.54) is 6.04 Å². The molecule has 134 valence electrons. The van der Waals surface area contributed by atoms with Gasteiger partial charge in [-0.2, -0.15) is 4.31 Å². The van der Waals surface area contributed by atoms with Crippen LogP contribution in [0.15, 0.2) is 41.3 Å². The summed E-state index contributed by atoms with van der Waals surface area (Å²) >= 11 is 0. The van der Waals surface area contributed by atoms with E-state index >= 15 is 0 Å². The smallest absolute Gasteiger partial charge is 0.207 e. The topological polar surface area (TPSA) is 37.1 Å². The average molecular weight is 366 g/mol. The normalized spacial score (nSPS) is 21.3. The molecule has 1 heterocycles. The summed E-state index contributed by atoms with van der Waals surface area (Å²) in [5, 5.41) is 0. The molecule has 5 heteroatoms. The second-order valence-electron chi connectivity index (χ2n) is 8.06. The van der Waals surface area contributed by atoms with Gasteiger partial charge in [-0.1, -0.05) is 55.9 Å². The van der Waals surface area contributed by atoms with E-state index in [0.717, 1.165) is 31.2 Å². The molecule has 1 aliphatic rings. The van der Waals surface area contributed by atoms with Crippen LogP contribution in [0.1, 0.15) is 31.2 Å². The maximum absolute atomic E-state index is 12.5. The van der Waals surface area contributed by atoms with Crippen molar-refractivity contribution in [3.05, 3.63) is 42.0 Å². The fraction of sp³-hybridized carbons (Fsp3) is 0.579. The lowest BCUT2D eigenvalue weighted by atomic mass is 10.1. The van der Waals surface area contributed by atoms with Gasteiger partial charge in [-0.3, -0.25) is 0 Å². The van der Waals surface area contributed by atoms with Crippen LogP contribution in [0, 0.1) is 6.92 Å². The highest BCUT2D eigenvalue weighted by Gasteiger charge is 2.43. The maximum atomic E-state index is 12.5. The monoisotopic (exact) mass is 365 g/mol. The van der Waals surface area contributed by atoms with Gasteiger partial charge in [0.05, 0.1) is 4.90 Å². The molecule has 0 saturated carbocycles. The van der Waals surface area contributed by atoms with Crippen molar-refractivity contribution in [3.8, 4) is 0 Å². The fourth-order valence-corrected chi connectivity index (χ4v) is 5.22. The number of aryl methyl sites for hydroxylation is 1. The predicted molar refractivity (Wildman–Crippen MR) is 105 cm³/mol. The van der Waals surface area contributed by atoms with Crippen molar-refractivity contribution in [1.29, 1.82) is 0 Å². The Balaban J connectivity index is 1.69. The van der Waals surface area contributed by atoms with Crippen LogP contribution in [-0.4, -0.2) is 33.4 Å². The zero-order chi connectivity index (χ0) is 17.8. The van der Waals surface area contributed by atoms with E-state index in [1.807, 2.05) is 19.1 Å². The molecule has 1 aliphatic heterocycles. The van der Waals surface area contributed by atoms with Crippen molar-refractivity contribution in [1.82, 2.24) is 4.31 Å². The molecule has 1 aromatic carbocycles. The summed E-state index contributed by atoms with van der Waals surface area (Å²) < 4.78 is 26.6. The molecule has 0 bridgehead atoms. The minimum atomic E-state index is -3.28. The minimum Gasteiger partial charge on any atom is -0.207 e. The molecular formula is C19H31NO2SSi. The van der Waals surface area contributed by atoms with Crippen molar-refractivity contribution in [2.45, 2.75) is 69.2 Å². The van der Waals surface area contributed by atoms with Crippen molar-refractivity contribution in [2.24, 2.45) is 0 Å². The Kier molecular flexibility index (Phi) is 6.45. The van der Waals surface area contributed by atoms with Crippen molar-refractivity contribution in [3.63, 3.8) is 0 Å². The highest BCUT2D eigenvalue weighted by Crippen LogP contribution is 2.31. The molecule has 2 rings (SSSR count). The molecule has 1 unspecified atom stereocenters. The zero-order valence-corrected chi connectivity index (χ0v) is 17.3. The van der Waals surface area contributed by atoms with Crippen molar-refractivity contribution < 1.29 is 8.42 Å². The summed E-state index contributed by atoms with van der Waals surface area (Å²) in [6.07, 6.45) is 8.97. The van der Waals surface area contributed by atoms with Gasteiger partial charge >= 0.3 is 0 Å². The second-order valence-corrected chi connectivity index (χ2v) is 15.5. The standard InChI is InChI=1S/C19H31NO2SSi/c1-17-11-13-19(14-12-17)23(21,22)20-16-18(20)10-8-6-5-7-9-15-24(2,3)4/h7,9,11-14,18H,5-6,8,10,15-16H2,1-4H3/b9-7-/t18-,20?/m1/s1. The minimum absolute atomic E-state index is 0.210. The summed E-state index contributed by atoms with van der Waals surface area (Å²) in [5.41, 5.74) is 1.08. The summed E-state index contributed by atoms with van der Waals surface area (Å²) in [6, 6.07) is 8.60. The summed E-state index contributed by atoms with van der Waals surface area (Å²) in [5.74, 6) is 0. The number of hydrogen-bond acceptors (Lipinski definition) is 2. The highest BCUT2D eigenvalue weighted by molar-refractivity contribution is 7.89. The molecule has 3 nitrogen and oxygen atoms in total. The van der Waals surface area contributed by atoms with Gasteiger partial charge in [0.1, 0.15) is 0 Å². The van der Waals surface area contributed by atoms with E-state index in [9.17, 15) is 8.42 Å². The third-order valence-electron chi connectivity index (χ3n) is 4.35. The molecular weight excluding hydrogens is 334 g/mol. The van der Waals surface area contributed by atoms with Crippen LogP contribution >= 0.6 is 0 Å². The SMILES string of the molecule is Cc1ccc(S(=O)(=O)N2C[C@H]2CCCC/C=C\C[Si](C)(C)C)cc1. The Morgan fingerprint density at radius 2 is 1.79 bits per heavy atom. The molecule has 1 aromatic rings. The Hall–Kier alpha value is -0.913. The number of sulfonamides is 1. The van der Waals surface area contributed by atoms with Gasteiger partial charge in [0.25, 0.3) is 0 Å². The van der Waals surface area contributed by atoms with Crippen LogP contribution in [0.25, 0.3) is 0 Å². The second kappa shape index (κ2) is 7.98. The molecule has 24 heavy (non-hydrogen) atoms. The fourth-order valence-electron chi connectivity index (χ4n) is 2.73. The average Bonchev–Trinajstić information content (AvgIpc) is 3.26. The third kappa shape index (κ3) is 5.87. The summed E-state index contributed by atoms with van der Waals surface area (Å²) in [7, 11) is -4.24. The van der Waals surface area contributed by atoms with Gasteiger partial charge < -0.3 is 0 Å². The van der Waals surface area contributed by atoms with Gasteiger partial charge in [-0.05, 0) is 44.4 Å². The largest absolute Gasteiger partial charge is 0.243 e. The molecule has 0 N–H and O–H groups in total. The van der Waals surface area contributed by atoms with Crippen LogP contribution in [0.5, 0.6) is 0 Å². The molecule has 0 aliphatic carbocycles. The van der Waals surface area contributed by atoms with Gasteiger partial charge in [-0.25, -0.2) is 8.42 Å². The number of hydrogen-bond donors (Lipinski definition) is 0. The van der Waals surface area contributed by atoms with E-state index in [1.54, 1.807) is 16.4 Å². The zero-order valence-electron chi connectivity index (χ0n) is 15.5. The van der Waals surface area contributed by atoms with Crippen LogP contribution in [-0.2, 0) is 10.0 Å². The van der Waals surface area contributed by atoms with Crippen LogP contribution in [0.3, 0.4) is 0 Å². The van der Waals surface area contributed by atoms with Gasteiger partial charge in [-0.15, -0.1) is 0 Å². The first-order chi connectivity index (χ1) is 11.2. The molecule has 0 radical (unpaired) electrons. The lowest BCUT2D eigenvalue weighted by molar-refractivity contribution is 0.541. The Bertz CT molecular complexity index is 660. The highest BCUT2D eigenvalue weighted by atomic mass is 32.2. The number of benzene rings is 1. The van der Waals surface area contributed by atoms with E-state index in [-0.39, 0.29) is 6.04 Å². The first kappa shape index (κ1) is 19.4. The molecule has 2 atom stereocenters. The van der Waals surface area contributed by atoms with E-state index in [0.29, 0.717) is 11.4 Å². The quantitative estimate of drug-likeness (QED) is 0.272. The Labute approximate surface area is 148 Å². The van der Waals surface area contributed by atoms with Gasteiger partial charge in [0.15, 0.2) is 0 Å². The molecule has 1 saturated heterocycles. The molecule has 1 fully saturated rings. The molecule has 0 amide bonds. The molecule has 0 aromatic heterocycles. The first-order valence-electron chi connectivity index (χ1n) is 8.94. The number of rotatable bonds is 9. The lowest BCUT2D eigenvalue weighted by Crippen LogP contribution is -2.17. The molecule has 0 spiro atoms. The van der Waals surface area contributed by atoms with Crippen molar-refractivity contribution in [2.75, 3.05) is 6.54 Å². The lowest BCUT2D eigenvalue weighted by Gasteiger charge is -2.11. The number of allylic oxidation sites excluding steroid dienone is 2. The van der Waals surface area contributed by atoms with Crippen LogP contribution in [0.4, 0.5) is 0 Å². The van der Waals surface area contributed by atoms with Gasteiger partial charge in [0.2, 0.25) is 10.0 Å². The Morgan fingerprint density at radius 1 is 1.12 bits per heavy atom. The first-order valence-corrected chi connectivity index (χ1v) is 14.1. The summed E-state index contributed by atoms with van der Waals surface area (Å²) in [6.45, 7) is 9.80. The van der Waals surface area contributed by atoms with Crippen LogP contribution in [0.2, 0.25) is 25.7 Å². The number of unbranched alkanes of at least 4 members (excludes halogenated alkanes) is 2. The summed E-state index contributed by atoms with van der Waals surface area (Å²) in [4.78, 5) is 0.421. The van der Waals surface area contributed by atoms with Crippen LogP contribution < -0.4 is 0 Å². The predicted octanol–water partition coefficient (Wildman–Crippen LogP) is 4.82. The maximum Gasteiger partial charge on any atom is 0.243 e.